The molecule has 3 rings (SSSR count). The summed E-state index contributed by atoms with van der Waals surface area (Å²) >= 11 is 0. The predicted octanol–water partition coefficient (Wildman–Crippen LogP) is 3.33. The lowest BCUT2D eigenvalue weighted by Gasteiger charge is -2.32. The number of ether oxygens (including phenoxy) is 1. The third-order valence-corrected chi connectivity index (χ3v) is 5.52. The molecule has 2 aromatic heterocycles. The minimum atomic E-state index is 0.332. The topological polar surface area (TPSA) is 69.2 Å². The molecule has 0 bridgehead atoms. The van der Waals surface area contributed by atoms with Gasteiger partial charge in [-0.05, 0) is 39.5 Å². The number of aromatic nitrogens is 4. The molecule has 1 fully saturated rings. The maximum absolute atomic E-state index is 6.08. The minimum Gasteiger partial charge on any atom is -0.378 e. The largest absolute Gasteiger partial charge is 0.378 e. The number of nitrogens with zero attached hydrogens (tertiary/aromatic N) is 5. The molecule has 0 saturated carbocycles. The van der Waals surface area contributed by atoms with Crippen molar-refractivity contribution >= 4 is 0 Å². The summed E-state index contributed by atoms with van der Waals surface area (Å²) in [6.45, 7) is 15.5. The van der Waals surface area contributed by atoms with Crippen molar-refractivity contribution in [3.63, 3.8) is 0 Å². The van der Waals surface area contributed by atoms with Crippen molar-refractivity contribution in [3.05, 3.63) is 28.7 Å². The van der Waals surface area contributed by atoms with E-state index in [0.717, 1.165) is 69.3 Å². The molecular formula is C21H35N5O2. The minimum absolute atomic E-state index is 0.332. The SMILES string of the molecule is CCn1nc(C)c(CN2CCC(OCCc3noc(CC(C)C)n3)CC2)c1C. The molecule has 3 heterocycles. The molecule has 7 nitrogen and oxygen atoms in total. The Kier molecular flexibility index (Phi) is 7.24. The second-order valence-electron chi connectivity index (χ2n) is 8.26. The van der Waals surface area contributed by atoms with Gasteiger partial charge in [0.2, 0.25) is 5.89 Å². The number of piperidine rings is 1. The van der Waals surface area contributed by atoms with Crippen LogP contribution in [0.5, 0.6) is 0 Å². The number of hydrogen-bond donors (Lipinski definition) is 0. The summed E-state index contributed by atoms with van der Waals surface area (Å²) in [4.78, 5) is 6.97. The van der Waals surface area contributed by atoms with Crippen molar-refractivity contribution < 1.29 is 9.26 Å². The van der Waals surface area contributed by atoms with Crippen molar-refractivity contribution in [1.82, 2.24) is 24.8 Å². The highest BCUT2D eigenvalue weighted by Gasteiger charge is 2.22. The molecule has 1 aliphatic rings. The Labute approximate surface area is 168 Å². The number of rotatable bonds is 9. The smallest absolute Gasteiger partial charge is 0.226 e. The molecule has 2 aromatic rings. The van der Waals surface area contributed by atoms with Crippen molar-refractivity contribution in [3.8, 4) is 0 Å². The van der Waals surface area contributed by atoms with Gasteiger partial charge in [0.15, 0.2) is 5.82 Å². The van der Waals surface area contributed by atoms with Crippen molar-refractivity contribution in [1.29, 1.82) is 0 Å². The molecular weight excluding hydrogens is 354 g/mol. The second-order valence-corrected chi connectivity index (χ2v) is 8.26. The highest BCUT2D eigenvalue weighted by atomic mass is 16.5. The molecule has 1 aliphatic heterocycles. The summed E-state index contributed by atoms with van der Waals surface area (Å²) in [5, 5.41) is 8.70. The fourth-order valence-electron chi connectivity index (χ4n) is 3.87. The lowest BCUT2D eigenvalue weighted by molar-refractivity contribution is 0.00670. The molecule has 0 radical (unpaired) electrons. The third kappa shape index (κ3) is 5.41. The first kappa shape index (κ1) is 21.0. The van der Waals surface area contributed by atoms with Gasteiger partial charge in [-0.25, -0.2) is 0 Å². The van der Waals surface area contributed by atoms with Crippen LogP contribution in [0.1, 0.15) is 62.3 Å². The molecule has 0 unspecified atom stereocenters. The first-order valence-electron chi connectivity index (χ1n) is 10.6. The Hall–Kier alpha value is -1.73. The van der Waals surface area contributed by atoms with Crippen LogP contribution in [0.15, 0.2) is 4.52 Å². The zero-order valence-electron chi connectivity index (χ0n) is 18.1. The molecule has 0 aromatic carbocycles. The van der Waals surface area contributed by atoms with Crippen molar-refractivity contribution in [2.24, 2.45) is 5.92 Å². The van der Waals surface area contributed by atoms with E-state index in [0.29, 0.717) is 18.6 Å². The summed E-state index contributed by atoms with van der Waals surface area (Å²) < 4.78 is 13.5. The zero-order chi connectivity index (χ0) is 20.1. The highest BCUT2D eigenvalue weighted by Crippen LogP contribution is 2.20. The number of likely N-dealkylation sites (tertiary alicyclic amines) is 1. The van der Waals surface area contributed by atoms with Crippen LogP contribution in [-0.2, 0) is 30.7 Å². The van der Waals surface area contributed by atoms with Crippen LogP contribution < -0.4 is 0 Å². The van der Waals surface area contributed by atoms with Gasteiger partial charge in [-0.1, -0.05) is 19.0 Å². The Balaban J connectivity index is 1.39. The predicted molar refractivity (Wildman–Crippen MR) is 108 cm³/mol. The van der Waals surface area contributed by atoms with Crippen LogP contribution >= 0.6 is 0 Å². The second kappa shape index (κ2) is 9.65. The fourth-order valence-corrected chi connectivity index (χ4v) is 3.87. The highest BCUT2D eigenvalue weighted by molar-refractivity contribution is 5.24. The third-order valence-electron chi connectivity index (χ3n) is 5.52. The van der Waals surface area contributed by atoms with E-state index in [1.165, 1.54) is 11.3 Å². The monoisotopic (exact) mass is 389 g/mol. The molecule has 156 valence electrons. The van der Waals surface area contributed by atoms with Gasteiger partial charge in [0.05, 0.1) is 18.4 Å². The first-order chi connectivity index (χ1) is 13.5. The van der Waals surface area contributed by atoms with Crippen molar-refractivity contribution in [2.45, 2.75) is 79.5 Å². The summed E-state index contributed by atoms with van der Waals surface area (Å²) in [5.74, 6) is 2.01. The van der Waals surface area contributed by atoms with E-state index < -0.39 is 0 Å². The van der Waals surface area contributed by atoms with Gasteiger partial charge in [0.25, 0.3) is 0 Å². The lowest BCUT2D eigenvalue weighted by atomic mass is 10.1. The van der Waals surface area contributed by atoms with Crippen LogP contribution in [0.3, 0.4) is 0 Å². The number of aryl methyl sites for hydroxylation is 2. The molecule has 0 amide bonds. The molecule has 7 heteroatoms. The molecule has 0 N–H and O–H groups in total. The maximum atomic E-state index is 6.08. The maximum Gasteiger partial charge on any atom is 0.226 e. The van der Waals surface area contributed by atoms with E-state index in [-0.39, 0.29) is 0 Å². The van der Waals surface area contributed by atoms with Crippen LogP contribution in [-0.4, -0.2) is 50.6 Å². The van der Waals surface area contributed by atoms with Gasteiger partial charge in [-0.2, -0.15) is 10.1 Å². The lowest BCUT2D eigenvalue weighted by Crippen LogP contribution is -2.37. The zero-order valence-corrected chi connectivity index (χ0v) is 18.1. The normalized spacial score (nSPS) is 16.4. The van der Waals surface area contributed by atoms with E-state index >= 15 is 0 Å². The van der Waals surface area contributed by atoms with E-state index in [9.17, 15) is 0 Å². The average molecular weight is 390 g/mol. The standard InChI is InChI=1S/C21H35N5O2/c1-6-26-17(5)19(16(4)23-26)14-25-10-7-18(8-11-25)27-12-9-20-22-21(28-24-20)13-15(2)3/h15,18H,6-14H2,1-5H3. The molecule has 0 aliphatic carbocycles. The Morgan fingerprint density at radius 3 is 2.61 bits per heavy atom. The van der Waals surface area contributed by atoms with Crippen LogP contribution in [0, 0.1) is 19.8 Å². The van der Waals surface area contributed by atoms with E-state index in [1.54, 1.807) is 0 Å². The molecule has 1 saturated heterocycles. The van der Waals surface area contributed by atoms with Gasteiger partial charge < -0.3 is 9.26 Å². The molecule has 0 spiro atoms. The first-order valence-corrected chi connectivity index (χ1v) is 10.6. The number of hydrogen-bond acceptors (Lipinski definition) is 6. The van der Waals surface area contributed by atoms with Gasteiger partial charge in [0, 0.05) is 50.3 Å². The summed E-state index contributed by atoms with van der Waals surface area (Å²) in [6.07, 6.45) is 4.04. The Morgan fingerprint density at radius 1 is 1.21 bits per heavy atom. The van der Waals surface area contributed by atoms with Crippen LogP contribution in [0.25, 0.3) is 0 Å². The summed E-state index contributed by atoms with van der Waals surface area (Å²) in [7, 11) is 0. The average Bonchev–Trinajstić information content (AvgIpc) is 3.21. The molecule has 0 atom stereocenters. The molecule has 28 heavy (non-hydrogen) atoms. The van der Waals surface area contributed by atoms with Crippen molar-refractivity contribution in [2.75, 3.05) is 19.7 Å². The van der Waals surface area contributed by atoms with Gasteiger partial charge in [-0.3, -0.25) is 9.58 Å². The van der Waals surface area contributed by atoms with E-state index in [4.69, 9.17) is 9.26 Å². The quantitative estimate of drug-likeness (QED) is 0.655. The van der Waals surface area contributed by atoms with Crippen LogP contribution in [0.4, 0.5) is 0 Å². The Bertz CT molecular complexity index is 744. The van der Waals surface area contributed by atoms with E-state index in [2.05, 4.69) is 59.4 Å². The van der Waals surface area contributed by atoms with Gasteiger partial charge >= 0.3 is 0 Å². The summed E-state index contributed by atoms with van der Waals surface area (Å²) in [5.41, 5.74) is 3.85. The van der Waals surface area contributed by atoms with Crippen LogP contribution in [0.2, 0.25) is 0 Å². The fraction of sp³-hybridized carbons (Fsp3) is 0.762. The summed E-state index contributed by atoms with van der Waals surface area (Å²) in [6, 6.07) is 0. The van der Waals surface area contributed by atoms with E-state index in [1.807, 2.05) is 0 Å². The van der Waals surface area contributed by atoms with Gasteiger partial charge in [0.1, 0.15) is 0 Å². The van der Waals surface area contributed by atoms with Gasteiger partial charge in [-0.15, -0.1) is 0 Å². The Morgan fingerprint density at radius 2 is 1.96 bits per heavy atom.